The molecule has 8 heteroatoms. The molecule has 0 aliphatic carbocycles. The monoisotopic (exact) mass is 344 g/mol. The van der Waals surface area contributed by atoms with Crippen LogP contribution in [0, 0.1) is 0 Å². The van der Waals surface area contributed by atoms with Gasteiger partial charge in [0.2, 0.25) is 0 Å². The molecule has 3 rings (SSSR count). The molecule has 4 nitrogen and oxygen atoms in total. The highest BCUT2D eigenvalue weighted by Crippen LogP contribution is 2.32. The van der Waals surface area contributed by atoms with E-state index in [1.165, 1.54) is 6.07 Å². The number of benzene rings is 1. The SMILES string of the molecule is CNc1nc2cc(C(F)(F)F)ccc2n2c(Br)cnc12. The molecule has 0 amide bonds. The van der Waals surface area contributed by atoms with E-state index in [1.54, 1.807) is 17.6 Å². The smallest absolute Gasteiger partial charge is 0.370 e. The first kappa shape index (κ1) is 13.2. The highest BCUT2D eigenvalue weighted by molar-refractivity contribution is 9.10. The fourth-order valence-electron chi connectivity index (χ4n) is 2.04. The number of nitrogens with zero attached hydrogens (tertiary/aromatic N) is 3. The summed E-state index contributed by atoms with van der Waals surface area (Å²) in [4.78, 5) is 8.37. The summed E-state index contributed by atoms with van der Waals surface area (Å²) in [7, 11) is 1.64. The molecule has 20 heavy (non-hydrogen) atoms. The van der Waals surface area contributed by atoms with Crippen molar-refractivity contribution in [2.75, 3.05) is 12.4 Å². The van der Waals surface area contributed by atoms with Crippen molar-refractivity contribution < 1.29 is 13.2 Å². The average molecular weight is 345 g/mol. The number of hydrogen-bond donors (Lipinski definition) is 1. The third kappa shape index (κ3) is 1.91. The molecule has 0 bridgehead atoms. The Balaban J connectivity index is 2.42. The molecule has 3 aromatic rings. The number of fused-ring (bicyclic) bond motifs is 3. The van der Waals surface area contributed by atoms with Gasteiger partial charge in [0.15, 0.2) is 11.5 Å². The molecule has 0 aliphatic heterocycles. The van der Waals surface area contributed by atoms with E-state index in [2.05, 4.69) is 31.2 Å². The van der Waals surface area contributed by atoms with Gasteiger partial charge in [0.05, 0.1) is 22.8 Å². The van der Waals surface area contributed by atoms with E-state index < -0.39 is 11.7 Å². The van der Waals surface area contributed by atoms with Gasteiger partial charge in [-0.25, -0.2) is 9.97 Å². The van der Waals surface area contributed by atoms with Crippen molar-refractivity contribution in [2.45, 2.75) is 6.18 Å². The minimum atomic E-state index is -4.39. The third-order valence-electron chi connectivity index (χ3n) is 2.94. The average Bonchev–Trinajstić information content (AvgIpc) is 2.79. The van der Waals surface area contributed by atoms with E-state index in [0.29, 0.717) is 21.6 Å². The summed E-state index contributed by atoms with van der Waals surface area (Å²) in [5.74, 6) is 0.419. The highest BCUT2D eigenvalue weighted by atomic mass is 79.9. The Morgan fingerprint density at radius 2 is 2.05 bits per heavy atom. The maximum Gasteiger partial charge on any atom is 0.416 e. The number of imidazole rings is 1. The second kappa shape index (κ2) is 4.34. The van der Waals surface area contributed by atoms with E-state index in [-0.39, 0.29) is 5.52 Å². The van der Waals surface area contributed by atoms with Gasteiger partial charge in [-0.1, -0.05) is 0 Å². The van der Waals surface area contributed by atoms with Crippen LogP contribution >= 0.6 is 15.9 Å². The minimum Gasteiger partial charge on any atom is -0.370 e. The lowest BCUT2D eigenvalue weighted by molar-refractivity contribution is -0.137. The van der Waals surface area contributed by atoms with Crippen LogP contribution in [0.1, 0.15) is 5.56 Å². The van der Waals surface area contributed by atoms with E-state index in [4.69, 9.17) is 0 Å². The zero-order valence-electron chi connectivity index (χ0n) is 10.2. The third-order valence-corrected chi connectivity index (χ3v) is 3.50. The number of hydrogen-bond acceptors (Lipinski definition) is 3. The Labute approximate surface area is 119 Å². The number of alkyl halides is 3. The molecule has 0 radical (unpaired) electrons. The van der Waals surface area contributed by atoms with Gasteiger partial charge in [-0.2, -0.15) is 13.2 Å². The zero-order chi connectivity index (χ0) is 14.5. The van der Waals surface area contributed by atoms with Gasteiger partial charge in [0, 0.05) is 7.05 Å². The molecule has 0 unspecified atom stereocenters. The fraction of sp³-hybridized carbons (Fsp3) is 0.167. The maximum absolute atomic E-state index is 12.8. The first-order chi connectivity index (χ1) is 9.41. The Morgan fingerprint density at radius 3 is 2.70 bits per heavy atom. The van der Waals surface area contributed by atoms with Crippen LogP contribution in [0.3, 0.4) is 0 Å². The molecule has 0 saturated heterocycles. The van der Waals surface area contributed by atoms with Crippen molar-refractivity contribution in [3.8, 4) is 0 Å². The number of aromatic nitrogens is 3. The number of nitrogens with one attached hydrogen (secondary N) is 1. The van der Waals surface area contributed by atoms with Crippen LogP contribution in [0.2, 0.25) is 0 Å². The lowest BCUT2D eigenvalue weighted by Gasteiger charge is -2.10. The van der Waals surface area contributed by atoms with E-state index in [9.17, 15) is 13.2 Å². The molecule has 0 fully saturated rings. The standard InChI is InChI=1S/C12H8BrF3N4/c1-17-10-11-18-5-9(13)20(11)8-3-2-6(12(14,15)16)4-7(8)19-10/h2-5H,1H3,(H,17,19). The van der Waals surface area contributed by atoms with Gasteiger partial charge in [-0.15, -0.1) is 0 Å². The van der Waals surface area contributed by atoms with E-state index >= 15 is 0 Å². The molecule has 1 N–H and O–H groups in total. The summed E-state index contributed by atoms with van der Waals surface area (Å²) in [6.45, 7) is 0. The summed E-state index contributed by atoms with van der Waals surface area (Å²) >= 11 is 3.33. The van der Waals surface area contributed by atoms with Gasteiger partial charge in [-0.05, 0) is 34.1 Å². The molecule has 1 aromatic carbocycles. The lowest BCUT2D eigenvalue weighted by Crippen LogP contribution is -2.06. The predicted octanol–water partition coefficient (Wildman–Crippen LogP) is 3.71. The van der Waals surface area contributed by atoms with Crippen LogP contribution in [-0.4, -0.2) is 21.4 Å². The van der Waals surface area contributed by atoms with Crippen LogP contribution in [-0.2, 0) is 6.18 Å². The molecular weight excluding hydrogens is 337 g/mol. The summed E-state index contributed by atoms with van der Waals surface area (Å²) < 4.78 is 40.6. The molecule has 2 heterocycles. The predicted molar refractivity (Wildman–Crippen MR) is 72.7 cm³/mol. The Bertz CT molecular complexity index is 810. The van der Waals surface area contributed by atoms with Gasteiger partial charge < -0.3 is 5.32 Å². The summed E-state index contributed by atoms with van der Waals surface area (Å²) in [6, 6.07) is 3.46. The minimum absolute atomic E-state index is 0.246. The van der Waals surface area contributed by atoms with Crippen molar-refractivity contribution in [2.24, 2.45) is 0 Å². The lowest BCUT2D eigenvalue weighted by atomic mass is 10.2. The molecule has 0 saturated carbocycles. The van der Waals surface area contributed by atoms with Crippen molar-refractivity contribution in [3.05, 3.63) is 34.6 Å². The van der Waals surface area contributed by atoms with Crippen molar-refractivity contribution in [3.63, 3.8) is 0 Å². The van der Waals surface area contributed by atoms with Crippen LogP contribution in [0.4, 0.5) is 19.0 Å². The second-order valence-corrected chi connectivity index (χ2v) is 4.96. The normalized spacial score (nSPS) is 12.2. The zero-order valence-corrected chi connectivity index (χ0v) is 11.7. The van der Waals surface area contributed by atoms with Gasteiger partial charge in [0.1, 0.15) is 4.60 Å². The second-order valence-electron chi connectivity index (χ2n) is 4.15. The molecule has 2 aromatic heterocycles. The topological polar surface area (TPSA) is 42.2 Å². The van der Waals surface area contributed by atoms with Crippen LogP contribution in [0.5, 0.6) is 0 Å². The Hall–Kier alpha value is -1.83. The number of halogens is 4. The maximum atomic E-state index is 12.8. The molecule has 0 aliphatic rings. The molecular formula is C12H8BrF3N4. The van der Waals surface area contributed by atoms with Gasteiger partial charge in [0.25, 0.3) is 0 Å². The first-order valence-corrected chi connectivity index (χ1v) is 6.43. The number of rotatable bonds is 1. The fourth-order valence-corrected chi connectivity index (χ4v) is 2.51. The van der Waals surface area contributed by atoms with Crippen molar-refractivity contribution in [1.29, 1.82) is 0 Å². The summed E-state index contributed by atoms with van der Waals surface area (Å²) in [5.41, 5.74) is 0.619. The largest absolute Gasteiger partial charge is 0.416 e. The van der Waals surface area contributed by atoms with Gasteiger partial charge >= 0.3 is 6.18 Å². The van der Waals surface area contributed by atoms with E-state index in [0.717, 1.165) is 12.1 Å². The van der Waals surface area contributed by atoms with Gasteiger partial charge in [-0.3, -0.25) is 4.40 Å². The van der Waals surface area contributed by atoms with Crippen LogP contribution in [0.25, 0.3) is 16.7 Å². The first-order valence-electron chi connectivity index (χ1n) is 5.63. The summed E-state index contributed by atoms with van der Waals surface area (Å²) in [6.07, 6.45) is -2.81. The highest BCUT2D eigenvalue weighted by Gasteiger charge is 2.31. The Kier molecular flexibility index (Phi) is 2.86. The van der Waals surface area contributed by atoms with Crippen molar-refractivity contribution in [1.82, 2.24) is 14.4 Å². The van der Waals surface area contributed by atoms with E-state index in [1.807, 2.05) is 0 Å². The molecule has 0 spiro atoms. The van der Waals surface area contributed by atoms with Crippen LogP contribution in [0.15, 0.2) is 29.0 Å². The number of anilines is 1. The van der Waals surface area contributed by atoms with Crippen LogP contribution < -0.4 is 5.32 Å². The van der Waals surface area contributed by atoms with Crippen molar-refractivity contribution >= 4 is 38.4 Å². The quantitative estimate of drug-likeness (QED) is 0.731. The Morgan fingerprint density at radius 1 is 1.30 bits per heavy atom. The molecule has 104 valence electrons. The molecule has 0 atom stereocenters. The summed E-state index contributed by atoms with van der Waals surface area (Å²) in [5, 5.41) is 2.84.